The van der Waals surface area contributed by atoms with E-state index in [-0.39, 0.29) is 30.9 Å². The van der Waals surface area contributed by atoms with Crippen LogP contribution in [0.4, 0.5) is 0 Å². The lowest BCUT2D eigenvalue weighted by Gasteiger charge is -2.41. The van der Waals surface area contributed by atoms with Crippen LogP contribution in [0.15, 0.2) is 24.3 Å². The number of fused-ring (bicyclic) bond motifs is 2. The number of aliphatic hydroxyl groups is 1. The first-order valence-corrected chi connectivity index (χ1v) is 14.0. The number of esters is 1. The number of ether oxygens (including phenoxy) is 3. The van der Waals surface area contributed by atoms with Crippen molar-refractivity contribution in [3.63, 3.8) is 0 Å². The van der Waals surface area contributed by atoms with Crippen molar-refractivity contribution < 1.29 is 33.7 Å². The van der Waals surface area contributed by atoms with Gasteiger partial charge in [-0.15, -0.1) is 0 Å². The molecular weight excluding hydrogens is 490 g/mol. The number of amides is 2. The monoisotopic (exact) mass is 531 g/mol. The summed E-state index contributed by atoms with van der Waals surface area (Å²) in [5.41, 5.74) is -2.43. The van der Waals surface area contributed by atoms with E-state index in [9.17, 15) is 19.5 Å². The molecule has 1 spiro atoms. The molecule has 5 heterocycles. The average Bonchev–Trinajstić information content (AvgIpc) is 3.21. The van der Waals surface area contributed by atoms with Crippen molar-refractivity contribution in [2.45, 2.75) is 56.9 Å². The quantitative estimate of drug-likeness (QED) is 0.376. The van der Waals surface area contributed by atoms with Gasteiger partial charge in [-0.25, -0.2) is 0 Å². The average molecular weight is 532 g/mol. The van der Waals surface area contributed by atoms with Gasteiger partial charge in [0, 0.05) is 32.7 Å². The van der Waals surface area contributed by atoms with Crippen molar-refractivity contribution in [2.75, 3.05) is 59.2 Å². The highest BCUT2D eigenvalue weighted by molar-refractivity contribution is 5.99. The molecule has 10 heteroatoms. The van der Waals surface area contributed by atoms with Crippen LogP contribution >= 0.6 is 0 Å². The molecule has 1 unspecified atom stereocenters. The number of morpholine rings is 1. The highest BCUT2D eigenvalue weighted by Crippen LogP contribution is 2.57. The van der Waals surface area contributed by atoms with E-state index in [1.807, 2.05) is 38.2 Å². The van der Waals surface area contributed by atoms with E-state index >= 15 is 0 Å². The summed E-state index contributed by atoms with van der Waals surface area (Å²) >= 11 is 0. The largest absolute Gasteiger partial charge is 0.465 e. The van der Waals surface area contributed by atoms with E-state index in [0.29, 0.717) is 45.7 Å². The predicted octanol–water partition coefficient (Wildman–Crippen LogP) is 0.598. The number of hydrogen-bond acceptors (Lipinski definition) is 8. The van der Waals surface area contributed by atoms with Gasteiger partial charge in [-0.05, 0) is 25.7 Å². The summed E-state index contributed by atoms with van der Waals surface area (Å²) in [6.07, 6.45) is 8.60. The molecule has 2 amide bonds. The summed E-state index contributed by atoms with van der Waals surface area (Å²) < 4.78 is 17.8. The molecule has 0 radical (unpaired) electrons. The summed E-state index contributed by atoms with van der Waals surface area (Å²) in [6, 6.07) is -1.55. The van der Waals surface area contributed by atoms with Crippen LogP contribution in [0, 0.1) is 17.8 Å². The van der Waals surface area contributed by atoms with Gasteiger partial charge in [0.15, 0.2) is 0 Å². The van der Waals surface area contributed by atoms with E-state index in [2.05, 4.69) is 4.90 Å². The molecule has 5 rings (SSSR count). The lowest BCUT2D eigenvalue weighted by Crippen LogP contribution is -2.59. The second kappa shape index (κ2) is 10.7. The first-order valence-electron chi connectivity index (χ1n) is 14.0. The molecule has 3 fully saturated rings. The Morgan fingerprint density at radius 2 is 1.79 bits per heavy atom. The fourth-order valence-electron chi connectivity index (χ4n) is 6.98. The highest BCUT2D eigenvalue weighted by Gasteiger charge is 2.75. The molecule has 6 atom stereocenters. The van der Waals surface area contributed by atoms with Crippen molar-refractivity contribution in [3.8, 4) is 0 Å². The molecule has 5 aliphatic rings. The van der Waals surface area contributed by atoms with Crippen molar-refractivity contribution in [2.24, 2.45) is 17.8 Å². The van der Waals surface area contributed by atoms with Gasteiger partial charge in [0.2, 0.25) is 11.8 Å². The lowest BCUT2D eigenvalue weighted by molar-refractivity contribution is -0.162. The molecule has 0 bridgehead atoms. The van der Waals surface area contributed by atoms with Crippen LogP contribution in [-0.4, -0.2) is 120 Å². The Morgan fingerprint density at radius 1 is 1.03 bits per heavy atom. The fraction of sp³-hybridized carbons (Fsp3) is 0.750. The second-order valence-corrected chi connectivity index (χ2v) is 11.7. The smallest absolute Gasteiger partial charge is 0.313 e. The van der Waals surface area contributed by atoms with E-state index in [1.165, 1.54) is 0 Å². The van der Waals surface area contributed by atoms with Crippen LogP contribution in [0.25, 0.3) is 0 Å². The third kappa shape index (κ3) is 4.59. The van der Waals surface area contributed by atoms with Gasteiger partial charge >= 0.3 is 5.97 Å². The normalized spacial score (nSPS) is 36.4. The topological polar surface area (TPSA) is 109 Å². The standard InChI is InChI=1S/C28H41N3O7/c1-19(2)17-20(18-32)31-23-25(34)30(11-10-29-12-15-36-16-13-29)9-6-8-28(23)21(24(31)33)22-26(35)37-14-5-4-7-27(22,3)38-28/h4,6-8,19-23,32H,5,9-18H2,1-3H3/t20-,21+,22-,23?,27+,28+/m1/s1. The Morgan fingerprint density at radius 3 is 2.50 bits per heavy atom. The first-order chi connectivity index (χ1) is 18.2. The van der Waals surface area contributed by atoms with Crippen LogP contribution in [0.5, 0.6) is 0 Å². The molecule has 0 aromatic carbocycles. The van der Waals surface area contributed by atoms with Gasteiger partial charge in [-0.1, -0.05) is 38.2 Å². The third-order valence-corrected chi connectivity index (χ3v) is 8.68. The van der Waals surface area contributed by atoms with Gasteiger partial charge in [-0.2, -0.15) is 0 Å². The van der Waals surface area contributed by atoms with E-state index in [4.69, 9.17) is 14.2 Å². The molecule has 5 aliphatic heterocycles. The number of hydrogen-bond donors (Lipinski definition) is 1. The van der Waals surface area contributed by atoms with Gasteiger partial charge in [0.1, 0.15) is 17.6 Å². The van der Waals surface area contributed by atoms with Crippen molar-refractivity contribution in [1.82, 2.24) is 14.7 Å². The minimum atomic E-state index is -1.33. The zero-order valence-corrected chi connectivity index (χ0v) is 22.7. The predicted molar refractivity (Wildman–Crippen MR) is 138 cm³/mol. The van der Waals surface area contributed by atoms with Crippen LogP contribution < -0.4 is 0 Å². The zero-order chi connectivity index (χ0) is 27.1. The molecule has 38 heavy (non-hydrogen) atoms. The zero-order valence-electron chi connectivity index (χ0n) is 22.7. The number of likely N-dealkylation sites (tertiary alicyclic amines) is 1. The molecule has 10 nitrogen and oxygen atoms in total. The van der Waals surface area contributed by atoms with Gasteiger partial charge in [-0.3, -0.25) is 19.3 Å². The van der Waals surface area contributed by atoms with Gasteiger partial charge in [0.05, 0.1) is 44.0 Å². The van der Waals surface area contributed by atoms with Gasteiger partial charge < -0.3 is 29.1 Å². The van der Waals surface area contributed by atoms with Crippen molar-refractivity contribution >= 4 is 17.8 Å². The maximum absolute atomic E-state index is 14.4. The summed E-state index contributed by atoms with van der Waals surface area (Å²) in [5, 5.41) is 10.4. The molecule has 210 valence electrons. The number of aliphatic hydroxyl groups excluding tert-OH is 1. The van der Waals surface area contributed by atoms with E-state index < -0.39 is 41.1 Å². The minimum absolute atomic E-state index is 0.186. The maximum Gasteiger partial charge on any atom is 0.313 e. The first kappa shape index (κ1) is 27.3. The summed E-state index contributed by atoms with van der Waals surface area (Å²) in [5.74, 6) is -2.65. The molecule has 1 N–H and O–H groups in total. The minimum Gasteiger partial charge on any atom is -0.465 e. The summed E-state index contributed by atoms with van der Waals surface area (Å²) in [7, 11) is 0. The number of carbonyl (C=O) groups excluding carboxylic acids is 3. The molecule has 0 aromatic heterocycles. The Balaban J connectivity index is 1.54. The van der Waals surface area contributed by atoms with Crippen LogP contribution in [0.1, 0.15) is 33.6 Å². The number of cyclic esters (lactones) is 1. The van der Waals surface area contributed by atoms with Gasteiger partial charge in [0.25, 0.3) is 0 Å². The van der Waals surface area contributed by atoms with E-state index in [1.54, 1.807) is 16.7 Å². The number of carbonyl (C=O) groups is 3. The molecule has 0 saturated carbocycles. The molecule has 0 aliphatic carbocycles. The number of nitrogens with zero attached hydrogens (tertiary/aromatic N) is 3. The maximum atomic E-state index is 14.4. The van der Waals surface area contributed by atoms with Crippen LogP contribution in [-0.2, 0) is 28.6 Å². The Labute approximate surface area is 224 Å². The fourth-order valence-corrected chi connectivity index (χ4v) is 6.98. The summed E-state index contributed by atoms with van der Waals surface area (Å²) in [4.78, 5) is 47.6. The van der Waals surface area contributed by atoms with Crippen LogP contribution in [0.2, 0.25) is 0 Å². The van der Waals surface area contributed by atoms with Crippen molar-refractivity contribution in [1.29, 1.82) is 0 Å². The Kier molecular flexibility index (Phi) is 7.70. The van der Waals surface area contributed by atoms with Crippen LogP contribution in [0.3, 0.4) is 0 Å². The second-order valence-electron chi connectivity index (χ2n) is 11.7. The highest BCUT2D eigenvalue weighted by atomic mass is 16.6. The third-order valence-electron chi connectivity index (χ3n) is 8.68. The molecule has 0 aromatic rings. The molecular formula is C28H41N3O7. The Bertz CT molecular complexity index is 993. The lowest BCUT2D eigenvalue weighted by atomic mass is 9.74. The Hall–Kier alpha value is -2.27. The summed E-state index contributed by atoms with van der Waals surface area (Å²) in [6.45, 7) is 10.4. The SMILES string of the molecule is CC(C)C[C@H](CO)N1C(=O)[C@@H]2[C@@H]3C(=O)OCCC=C[C@]3(C)O[C@@]23C=CCN(CCN2CCOCC2)C(=O)C13. The van der Waals surface area contributed by atoms with E-state index in [0.717, 1.165) is 13.1 Å². The number of rotatable bonds is 7. The molecule has 3 saturated heterocycles. The van der Waals surface area contributed by atoms with Crippen molar-refractivity contribution in [3.05, 3.63) is 24.3 Å².